The van der Waals surface area contributed by atoms with E-state index < -0.39 is 23.4 Å². The van der Waals surface area contributed by atoms with Crippen LogP contribution in [-0.2, 0) is 27.3 Å². The van der Waals surface area contributed by atoms with Gasteiger partial charge < -0.3 is 15.0 Å². The zero-order chi connectivity index (χ0) is 25.8. The molecule has 1 N–H and O–H groups in total. The first-order chi connectivity index (χ1) is 17.4. The van der Waals surface area contributed by atoms with Gasteiger partial charge in [-0.15, -0.1) is 0 Å². The molecular weight excluding hydrogens is 462 g/mol. The van der Waals surface area contributed by atoms with E-state index in [1.165, 1.54) is 24.3 Å². The van der Waals surface area contributed by atoms with Crippen LogP contribution in [-0.4, -0.2) is 47.3 Å². The maximum absolute atomic E-state index is 12.8. The molecule has 186 valence electrons. The summed E-state index contributed by atoms with van der Waals surface area (Å²) in [6.07, 6.45) is 0.552. The number of hydrogen-bond donors (Lipinski definition) is 1. The average Bonchev–Trinajstić information content (AvgIpc) is 2.90. The predicted octanol–water partition coefficient (Wildman–Crippen LogP) is 3.53. The lowest BCUT2D eigenvalue weighted by Gasteiger charge is -2.23. The van der Waals surface area contributed by atoms with Crippen LogP contribution in [0.3, 0.4) is 0 Å². The second-order valence-corrected chi connectivity index (χ2v) is 8.01. The number of nitro groups is 1. The van der Waals surface area contributed by atoms with Crippen LogP contribution >= 0.6 is 0 Å². The molecule has 0 saturated heterocycles. The molecule has 9 nitrogen and oxygen atoms in total. The molecule has 0 heterocycles. The number of nitro benzene ring substituents is 1. The van der Waals surface area contributed by atoms with Crippen LogP contribution in [0.15, 0.2) is 84.9 Å². The summed E-state index contributed by atoms with van der Waals surface area (Å²) in [6.45, 7) is 0.483. The number of esters is 1. The number of hydrogen-bond acceptors (Lipinski definition) is 6. The van der Waals surface area contributed by atoms with Crippen molar-refractivity contribution in [2.24, 2.45) is 0 Å². The topological polar surface area (TPSA) is 119 Å². The summed E-state index contributed by atoms with van der Waals surface area (Å²) in [4.78, 5) is 48.9. The molecule has 0 radical (unpaired) electrons. The second-order valence-electron chi connectivity index (χ2n) is 8.01. The minimum Gasteiger partial charge on any atom is -0.456 e. The van der Waals surface area contributed by atoms with E-state index >= 15 is 0 Å². The lowest BCUT2D eigenvalue weighted by molar-refractivity contribution is -0.384. The number of amides is 2. The Labute approximate surface area is 208 Å². The second kappa shape index (κ2) is 13.4. The molecule has 0 aliphatic heterocycles. The van der Waals surface area contributed by atoms with Gasteiger partial charge in [-0.2, -0.15) is 0 Å². The van der Waals surface area contributed by atoms with Gasteiger partial charge in [0.1, 0.15) is 0 Å². The van der Waals surface area contributed by atoms with Crippen molar-refractivity contribution in [3.05, 3.63) is 112 Å². The Morgan fingerprint density at radius 3 is 2.08 bits per heavy atom. The minimum atomic E-state index is -0.616. The van der Waals surface area contributed by atoms with Crippen LogP contribution in [0.25, 0.3) is 0 Å². The van der Waals surface area contributed by atoms with Gasteiger partial charge in [0.05, 0.1) is 11.3 Å². The first kappa shape index (κ1) is 26.1. The predicted molar refractivity (Wildman–Crippen MR) is 133 cm³/mol. The Hall–Kier alpha value is -4.53. The van der Waals surface area contributed by atoms with Gasteiger partial charge in [-0.1, -0.05) is 60.7 Å². The summed E-state index contributed by atoms with van der Waals surface area (Å²) < 4.78 is 5.15. The Bertz CT molecular complexity index is 1170. The van der Waals surface area contributed by atoms with Crippen LogP contribution in [0.1, 0.15) is 27.9 Å². The van der Waals surface area contributed by atoms with E-state index in [9.17, 15) is 24.5 Å². The van der Waals surface area contributed by atoms with Crippen LogP contribution in [0, 0.1) is 10.1 Å². The van der Waals surface area contributed by atoms with Gasteiger partial charge >= 0.3 is 5.97 Å². The van der Waals surface area contributed by atoms with Crippen molar-refractivity contribution in [2.75, 3.05) is 19.7 Å². The highest BCUT2D eigenvalue weighted by molar-refractivity contribution is 5.94. The average molecular weight is 490 g/mol. The molecule has 0 bridgehead atoms. The highest BCUT2D eigenvalue weighted by atomic mass is 16.6. The third-order valence-corrected chi connectivity index (χ3v) is 5.39. The first-order valence-electron chi connectivity index (χ1n) is 11.5. The molecule has 0 spiro atoms. The van der Waals surface area contributed by atoms with Gasteiger partial charge in [-0.05, 0) is 29.7 Å². The van der Waals surface area contributed by atoms with Crippen molar-refractivity contribution in [1.82, 2.24) is 10.2 Å². The highest BCUT2D eigenvalue weighted by Gasteiger charge is 2.17. The summed E-state index contributed by atoms with van der Waals surface area (Å²) >= 11 is 0. The number of carbonyl (C=O) groups excluding carboxylic acids is 3. The van der Waals surface area contributed by atoms with Gasteiger partial charge in [0, 0.05) is 37.3 Å². The van der Waals surface area contributed by atoms with Gasteiger partial charge in [-0.25, -0.2) is 0 Å². The molecule has 0 unspecified atom stereocenters. The molecule has 0 aliphatic carbocycles. The van der Waals surface area contributed by atoms with E-state index in [4.69, 9.17) is 4.74 Å². The van der Waals surface area contributed by atoms with Gasteiger partial charge in [0.25, 0.3) is 17.5 Å². The number of nitrogens with zero attached hydrogens (tertiary/aromatic N) is 2. The lowest BCUT2D eigenvalue weighted by Crippen LogP contribution is -2.36. The third-order valence-electron chi connectivity index (χ3n) is 5.39. The summed E-state index contributed by atoms with van der Waals surface area (Å²) in [7, 11) is 0. The van der Waals surface area contributed by atoms with Crippen LogP contribution in [0.2, 0.25) is 0 Å². The Morgan fingerprint density at radius 2 is 1.47 bits per heavy atom. The monoisotopic (exact) mass is 489 g/mol. The van der Waals surface area contributed by atoms with E-state index in [1.807, 2.05) is 60.7 Å². The minimum absolute atomic E-state index is 0.00455. The van der Waals surface area contributed by atoms with E-state index in [0.29, 0.717) is 19.5 Å². The molecule has 9 heteroatoms. The fraction of sp³-hybridized carbons (Fsp3) is 0.222. The number of non-ortho nitro benzene ring substituents is 1. The highest BCUT2D eigenvalue weighted by Crippen LogP contribution is 2.12. The number of carbonyl (C=O) groups is 3. The van der Waals surface area contributed by atoms with Crippen molar-refractivity contribution in [2.45, 2.75) is 19.4 Å². The van der Waals surface area contributed by atoms with Gasteiger partial charge in [0.15, 0.2) is 6.61 Å². The summed E-state index contributed by atoms with van der Waals surface area (Å²) in [5, 5.41) is 13.3. The van der Waals surface area contributed by atoms with E-state index in [1.54, 1.807) is 4.90 Å². The number of benzene rings is 3. The summed E-state index contributed by atoms with van der Waals surface area (Å²) in [5.41, 5.74) is 2.19. The number of nitrogens with one attached hydrogen (secondary N) is 1. The zero-order valence-corrected chi connectivity index (χ0v) is 19.7. The van der Waals surface area contributed by atoms with E-state index in [0.717, 1.165) is 11.1 Å². The van der Waals surface area contributed by atoms with Crippen molar-refractivity contribution < 1.29 is 24.0 Å². The van der Waals surface area contributed by atoms with Crippen molar-refractivity contribution in [3.63, 3.8) is 0 Å². The Morgan fingerprint density at radius 1 is 0.861 bits per heavy atom. The molecule has 0 fully saturated rings. The van der Waals surface area contributed by atoms with Crippen molar-refractivity contribution >= 4 is 23.5 Å². The normalized spacial score (nSPS) is 10.3. The maximum Gasteiger partial charge on any atom is 0.308 e. The molecule has 3 rings (SSSR count). The standard InChI is InChI=1S/C27H27N3O6/c31-25(29(19-22-9-5-2-6-10-22)18-16-21-7-3-1-4-8-21)20-36-26(32)15-17-28-27(33)23-11-13-24(14-12-23)30(34)35/h1-14H,15-20H2,(H,28,33). The van der Waals surface area contributed by atoms with Crippen molar-refractivity contribution in [3.8, 4) is 0 Å². The molecule has 0 saturated carbocycles. The first-order valence-corrected chi connectivity index (χ1v) is 11.5. The SMILES string of the molecule is O=C(CCNC(=O)c1ccc([N+](=O)[O-])cc1)OCC(=O)N(CCc1ccccc1)Cc1ccccc1. The summed E-state index contributed by atoms with van der Waals surface area (Å²) in [5.74, 6) is -1.39. The molecule has 2 amide bonds. The zero-order valence-electron chi connectivity index (χ0n) is 19.7. The molecule has 0 aliphatic rings. The molecule has 3 aromatic rings. The molecular formula is C27H27N3O6. The quantitative estimate of drug-likeness (QED) is 0.236. The fourth-order valence-electron chi connectivity index (χ4n) is 3.42. The third kappa shape index (κ3) is 8.35. The molecule has 0 atom stereocenters. The van der Waals surface area contributed by atoms with Gasteiger partial charge in [0.2, 0.25) is 0 Å². The Balaban J connectivity index is 1.46. The maximum atomic E-state index is 12.8. The van der Waals surface area contributed by atoms with Crippen LogP contribution in [0.5, 0.6) is 0 Å². The molecule has 0 aromatic heterocycles. The number of ether oxygens (including phenoxy) is 1. The Kier molecular flexibility index (Phi) is 9.69. The molecule has 3 aromatic carbocycles. The van der Waals surface area contributed by atoms with Crippen LogP contribution < -0.4 is 5.32 Å². The van der Waals surface area contributed by atoms with E-state index in [2.05, 4.69) is 5.32 Å². The van der Waals surface area contributed by atoms with Crippen LogP contribution in [0.4, 0.5) is 5.69 Å². The van der Waals surface area contributed by atoms with E-state index in [-0.39, 0.29) is 30.1 Å². The van der Waals surface area contributed by atoms with Crippen molar-refractivity contribution in [1.29, 1.82) is 0 Å². The lowest BCUT2D eigenvalue weighted by atomic mass is 10.1. The fourth-order valence-corrected chi connectivity index (χ4v) is 3.42. The molecule has 36 heavy (non-hydrogen) atoms. The number of rotatable bonds is 12. The van der Waals surface area contributed by atoms with Gasteiger partial charge in [-0.3, -0.25) is 24.5 Å². The summed E-state index contributed by atoms with van der Waals surface area (Å²) in [6, 6.07) is 24.5. The smallest absolute Gasteiger partial charge is 0.308 e. The largest absolute Gasteiger partial charge is 0.456 e.